The van der Waals surface area contributed by atoms with Gasteiger partial charge in [-0.25, -0.2) is 0 Å². The zero-order valence-corrected chi connectivity index (χ0v) is 28.9. The lowest BCUT2D eigenvalue weighted by Gasteiger charge is -2.05. The fourth-order valence-electron chi connectivity index (χ4n) is 0.354. The lowest BCUT2D eigenvalue weighted by molar-refractivity contribution is 0.469. The summed E-state index contributed by atoms with van der Waals surface area (Å²) in [4.78, 5) is 0. The first kappa shape index (κ1) is 54.1. The highest BCUT2D eigenvalue weighted by atomic mass is 14.0. The minimum atomic E-state index is 0.500. The standard InChI is InChI=1S/4C5H12.2C4H10.C3H8.C2H6/c1-5(2,3)4;2*1-4-5(2)3;1-3-5-4-2;1-4(2)3;1-3-4-2;1-3-2;1-2/h1-4H3;2*5H,4H2,1-3H3;3-5H2,1-2H3;4H,1-3H3;3-4H2,1-2H3;3H2,1-2H3;1-2H3. The number of hydrogen-bond acceptors (Lipinski definition) is 0. The third kappa shape index (κ3) is 588. The molecular formula is C33H82. The van der Waals surface area contributed by atoms with Gasteiger partial charge in [0.25, 0.3) is 0 Å². The van der Waals surface area contributed by atoms with E-state index in [0.29, 0.717) is 5.41 Å². The summed E-state index contributed by atoms with van der Waals surface area (Å²) in [6.45, 7) is 45.6. The minimum Gasteiger partial charge on any atom is -0.0683 e. The van der Waals surface area contributed by atoms with E-state index in [1.165, 1.54) is 51.4 Å². The molecule has 0 aliphatic carbocycles. The summed E-state index contributed by atoms with van der Waals surface area (Å²) >= 11 is 0. The molecule has 0 spiro atoms. The van der Waals surface area contributed by atoms with E-state index in [1.54, 1.807) is 0 Å². The zero-order valence-electron chi connectivity index (χ0n) is 28.9. The van der Waals surface area contributed by atoms with Crippen LogP contribution in [0, 0.1) is 23.2 Å². The summed E-state index contributed by atoms with van der Waals surface area (Å²) in [7, 11) is 0. The largest absolute Gasteiger partial charge is 0.0683 e. The molecule has 0 nitrogen and oxygen atoms in total. The van der Waals surface area contributed by atoms with E-state index in [1.807, 2.05) is 13.8 Å². The van der Waals surface area contributed by atoms with Gasteiger partial charge in [-0.3, -0.25) is 0 Å². The van der Waals surface area contributed by atoms with Crippen molar-refractivity contribution in [3.05, 3.63) is 0 Å². The maximum absolute atomic E-state index is 2.22. The third-order valence-electron chi connectivity index (χ3n) is 2.84. The molecule has 0 radical (unpaired) electrons. The van der Waals surface area contributed by atoms with Crippen LogP contribution in [0.5, 0.6) is 0 Å². The molecule has 0 saturated heterocycles. The van der Waals surface area contributed by atoms with Crippen molar-refractivity contribution in [2.75, 3.05) is 0 Å². The first-order chi connectivity index (χ1) is 15.0. The maximum Gasteiger partial charge on any atom is -0.0411 e. The highest BCUT2D eigenvalue weighted by molar-refractivity contribution is 4.47. The Morgan fingerprint density at radius 1 is 0.455 bits per heavy atom. The molecule has 0 fully saturated rings. The molecule has 0 aromatic carbocycles. The molecule has 0 aromatic rings. The van der Waals surface area contributed by atoms with Gasteiger partial charge in [-0.1, -0.05) is 197 Å². The lowest BCUT2D eigenvalue weighted by Crippen LogP contribution is -1.93. The van der Waals surface area contributed by atoms with Crippen molar-refractivity contribution in [1.82, 2.24) is 0 Å². The van der Waals surface area contributed by atoms with Crippen molar-refractivity contribution in [2.45, 2.75) is 197 Å². The Bertz CT molecular complexity index is 172. The molecule has 0 bridgehead atoms. The molecule has 33 heavy (non-hydrogen) atoms. The van der Waals surface area contributed by atoms with Gasteiger partial charge in [0.1, 0.15) is 0 Å². The summed E-state index contributed by atoms with van der Waals surface area (Å²) < 4.78 is 0. The van der Waals surface area contributed by atoms with Gasteiger partial charge in [0, 0.05) is 0 Å². The van der Waals surface area contributed by atoms with Crippen molar-refractivity contribution >= 4 is 0 Å². The van der Waals surface area contributed by atoms with Crippen molar-refractivity contribution in [2.24, 2.45) is 23.2 Å². The second-order valence-corrected chi connectivity index (χ2v) is 11.4. The Morgan fingerprint density at radius 3 is 0.576 bits per heavy atom. The van der Waals surface area contributed by atoms with Gasteiger partial charge in [-0.2, -0.15) is 0 Å². The van der Waals surface area contributed by atoms with E-state index in [-0.39, 0.29) is 0 Å². The first-order valence-corrected chi connectivity index (χ1v) is 15.0. The molecule has 0 aromatic heterocycles. The normalized spacial score (nSPS) is 8.73. The van der Waals surface area contributed by atoms with Gasteiger partial charge in [-0.15, -0.1) is 0 Å². The van der Waals surface area contributed by atoms with Gasteiger partial charge in [-0.05, 0) is 23.2 Å². The average molecular weight is 479 g/mol. The van der Waals surface area contributed by atoms with Crippen LogP contribution >= 0.6 is 0 Å². The molecule has 0 amide bonds. The quantitative estimate of drug-likeness (QED) is 0.368. The molecule has 0 atom stereocenters. The van der Waals surface area contributed by atoms with Crippen LogP contribution in [-0.2, 0) is 0 Å². The van der Waals surface area contributed by atoms with Crippen molar-refractivity contribution in [3.63, 3.8) is 0 Å². The first-order valence-electron chi connectivity index (χ1n) is 15.0. The summed E-state index contributed by atoms with van der Waals surface area (Å²) in [5.41, 5.74) is 0.500. The molecule has 0 rings (SSSR count). The Hall–Kier alpha value is 0. The predicted molar refractivity (Wildman–Crippen MR) is 169 cm³/mol. The van der Waals surface area contributed by atoms with Crippen LogP contribution in [0.15, 0.2) is 0 Å². The monoisotopic (exact) mass is 479 g/mol. The van der Waals surface area contributed by atoms with Crippen LogP contribution in [0.25, 0.3) is 0 Å². The Morgan fingerprint density at radius 2 is 0.576 bits per heavy atom. The van der Waals surface area contributed by atoms with Crippen LogP contribution in [0.4, 0.5) is 0 Å². The molecule has 0 aliphatic rings. The molecule has 0 N–H and O–H groups in total. The number of rotatable bonds is 5. The van der Waals surface area contributed by atoms with E-state index in [4.69, 9.17) is 0 Å². The highest BCUT2D eigenvalue weighted by Crippen LogP contribution is 2.08. The van der Waals surface area contributed by atoms with E-state index in [2.05, 4.69) is 132 Å². The Labute approximate surface area is 219 Å². The van der Waals surface area contributed by atoms with Gasteiger partial charge >= 0.3 is 0 Å². The fraction of sp³-hybridized carbons (Fsp3) is 1.00. The van der Waals surface area contributed by atoms with E-state index >= 15 is 0 Å². The Balaban J connectivity index is -0.0000000366. The Kier molecular flexibility index (Phi) is 95.2. The van der Waals surface area contributed by atoms with Crippen molar-refractivity contribution in [1.29, 1.82) is 0 Å². The van der Waals surface area contributed by atoms with Gasteiger partial charge < -0.3 is 0 Å². The summed E-state index contributed by atoms with van der Waals surface area (Å²) in [6.07, 6.45) is 10.6. The van der Waals surface area contributed by atoms with Crippen LogP contribution in [0.3, 0.4) is 0 Å². The summed E-state index contributed by atoms with van der Waals surface area (Å²) in [5.74, 6) is 2.60. The van der Waals surface area contributed by atoms with E-state index in [0.717, 1.165) is 17.8 Å². The molecular weight excluding hydrogens is 396 g/mol. The molecule has 0 heteroatoms. The van der Waals surface area contributed by atoms with Gasteiger partial charge in [0.15, 0.2) is 0 Å². The predicted octanol–water partition coefficient (Wildman–Crippen LogP) is 14.3. The second kappa shape index (κ2) is 58.1. The zero-order chi connectivity index (χ0) is 28.9. The topological polar surface area (TPSA) is 0 Å². The maximum atomic E-state index is 2.22. The second-order valence-electron chi connectivity index (χ2n) is 11.4. The van der Waals surface area contributed by atoms with Crippen LogP contribution in [-0.4, -0.2) is 0 Å². The summed E-state index contributed by atoms with van der Waals surface area (Å²) in [6, 6.07) is 0. The fourth-order valence-corrected chi connectivity index (χ4v) is 0.354. The van der Waals surface area contributed by atoms with Crippen molar-refractivity contribution < 1.29 is 0 Å². The van der Waals surface area contributed by atoms with E-state index < -0.39 is 0 Å². The average Bonchev–Trinajstić information content (AvgIpc) is 2.70. The smallest absolute Gasteiger partial charge is 0.0411 e. The number of unbranched alkanes of at least 4 members (excludes halogenated alkanes) is 3. The van der Waals surface area contributed by atoms with Gasteiger partial charge in [0.05, 0.1) is 0 Å². The number of hydrogen-bond donors (Lipinski definition) is 0. The third-order valence-corrected chi connectivity index (χ3v) is 2.84. The highest BCUT2D eigenvalue weighted by Gasteiger charge is 1.95. The lowest BCUT2D eigenvalue weighted by atomic mass is 10.0. The minimum absolute atomic E-state index is 0.500. The molecule has 0 aliphatic heterocycles. The van der Waals surface area contributed by atoms with Crippen LogP contribution < -0.4 is 0 Å². The summed E-state index contributed by atoms with van der Waals surface area (Å²) in [5, 5.41) is 0. The van der Waals surface area contributed by atoms with Crippen LogP contribution in [0.1, 0.15) is 197 Å². The van der Waals surface area contributed by atoms with E-state index in [9.17, 15) is 0 Å². The molecule has 0 saturated carbocycles. The van der Waals surface area contributed by atoms with Crippen molar-refractivity contribution in [3.8, 4) is 0 Å². The van der Waals surface area contributed by atoms with Crippen LogP contribution in [0.2, 0.25) is 0 Å². The molecule has 214 valence electrons. The molecule has 0 heterocycles. The molecule has 0 unspecified atom stereocenters. The SMILES string of the molecule is CC.CC(C)(C)C.CC(C)C.CCC.CCC(C)C.CCC(C)C.CCCC.CCCCC. The van der Waals surface area contributed by atoms with Gasteiger partial charge in [0.2, 0.25) is 0 Å².